The van der Waals surface area contributed by atoms with E-state index in [0.29, 0.717) is 25.0 Å². The summed E-state index contributed by atoms with van der Waals surface area (Å²) in [5.74, 6) is 0.923. The average molecular weight is 406 g/mol. The molecule has 1 saturated heterocycles. The molecule has 0 saturated carbocycles. The van der Waals surface area contributed by atoms with Crippen LogP contribution < -0.4 is 9.30 Å². The first-order chi connectivity index (χ1) is 14.7. The van der Waals surface area contributed by atoms with Crippen LogP contribution in [0.4, 0.5) is 5.82 Å². The Morgan fingerprint density at radius 1 is 1.23 bits per heavy atom. The van der Waals surface area contributed by atoms with Crippen molar-refractivity contribution in [3.63, 3.8) is 0 Å². The number of para-hydroxylation sites is 2. The van der Waals surface area contributed by atoms with Crippen LogP contribution in [0.3, 0.4) is 0 Å². The first-order valence-corrected chi connectivity index (χ1v) is 10.9. The topological polar surface area (TPSA) is 73.2 Å². The summed E-state index contributed by atoms with van der Waals surface area (Å²) in [6.45, 7) is 6.19. The minimum Gasteiger partial charge on any atom is -0.466 e. The van der Waals surface area contributed by atoms with Crippen molar-refractivity contribution in [2.24, 2.45) is 0 Å². The van der Waals surface area contributed by atoms with Crippen LogP contribution in [-0.2, 0) is 16.0 Å². The maximum atomic E-state index is 12.1. The van der Waals surface area contributed by atoms with Crippen molar-refractivity contribution in [3.8, 4) is 6.07 Å². The zero-order chi connectivity index (χ0) is 21.1. The third-order valence-corrected chi connectivity index (χ3v) is 6.07. The number of benzene rings is 1. The summed E-state index contributed by atoms with van der Waals surface area (Å²) in [7, 11) is 0. The molecule has 0 spiro atoms. The molecule has 3 heterocycles. The number of H-pyrrole nitrogens is 1. The summed E-state index contributed by atoms with van der Waals surface area (Å²) in [6.07, 6.45) is 5.67. The lowest BCUT2D eigenvalue weighted by atomic mass is 9.99. The Bertz CT molecular complexity index is 1120. The number of imidazole rings is 1. The van der Waals surface area contributed by atoms with E-state index in [-0.39, 0.29) is 5.97 Å². The third kappa shape index (κ3) is 3.60. The van der Waals surface area contributed by atoms with Crippen LogP contribution in [-0.4, -0.2) is 30.6 Å². The number of hydrogen-bond donors (Lipinski definition) is 1. The van der Waals surface area contributed by atoms with Gasteiger partial charge in [0.25, 0.3) is 0 Å². The number of pyridine rings is 1. The first-order valence-electron chi connectivity index (χ1n) is 10.9. The fourth-order valence-corrected chi connectivity index (χ4v) is 4.61. The number of nitrogens with zero attached hydrogens (tertiary/aromatic N) is 3. The summed E-state index contributed by atoms with van der Waals surface area (Å²) in [5.41, 5.74) is 5.56. The second-order valence-electron chi connectivity index (χ2n) is 7.95. The van der Waals surface area contributed by atoms with Crippen molar-refractivity contribution >= 4 is 28.5 Å². The van der Waals surface area contributed by atoms with Gasteiger partial charge in [-0.3, -0.25) is 14.7 Å². The van der Waals surface area contributed by atoms with Crippen LogP contribution in [0, 0.1) is 18.3 Å². The SMILES string of the molecule is CCOC(=O)CCc1c(C)c(C#N)c2[nH]c3ccccc3[n+]2c1N1CCCCCC1. The van der Waals surface area contributed by atoms with E-state index >= 15 is 0 Å². The Kier molecular flexibility index (Phi) is 5.89. The van der Waals surface area contributed by atoms with Gasteiger partial charge in [0.15, 0.2) is 0 Å². The number of rotatable bonds is 5. The predicted molar refractivity (Wildman–Crippen MR) is 117 cm³/mol. The Morgan fingerprint density at radius 2 is 1.97 bits per heavy atom. The van der Waals surface area contributed by atoms with Crippen LogP contribution >= 0.6 is 0 Å². The normalized spacial score (nSPS) is 14.6. The van der Waals surface area contributed by atoms with Gasteiger partial charge in [-0.15, -0.1) is 0 Å². The molecule has 4 rings (SSSR count). The zero-order valence-corrected chi connectivity index (χ0v) is 17.8. The van der Waals surface area contributed by atoms with Gasteiger partial charge in [0, 0.05) is 12.0 Å². The fraction of sp³-hybridized carbons (Fsp3) is 0.458. The number of esters is 1. The molecule has 156 valence electrons. The van der Waals surface area contributed by atoms with Crippen molar-refractivity contribution in [1.29, 1.82) is 5.26 Å². The Hall–Kier alpha value is -3.07. The van der Waals surface area contributed by atoms with Crippen molar-refractivity contribution in [2.75, 3.05) is 24.6 Å². The number of aromatic nitrogens is 2. The van der Waals surface area contributed by atoms with Gasteiger partial charge in [-0.2, -0.15) is 9.66 Å². The van der Waals surface area contributed by atoms with Gasteiger partial charge in [0.2, 0.25) is 11.5 Å². The van der Waals surface area contributed by atoms with Crippen LogP contribution in [0.5, 0.6) is 0 Å². The molecule has 1 aromatic carbocycles. The number of ether oxygens (including phenoxy) is 1. The molecule has 0 radical (unpaired) electrons. The standard InChI is InChI=1S/C24H28N4O2/c1-3-30-22(29)13-12-18-17(2)19(16-25)23-26-20-10-6-7-11-21(20)28(23)24(18)27-14-8-4-5-9-15-27/h6-7,10-11H,3-5,8-9,12-15H2,1-2H3/p+1. The highest BCUT2D eigenvalue weighted by atomic mass is 16.5. The highest BCUT2D eigenvalue weighted by Gasteiger charge is 2.30. The largest absolute Gasteiger partial charge is 0.466 e. The molecule has 1 aliphatic rings. The number of carbonyl (C=O) groups is 1. The average Bonchev–Trinajstić information content (AvgIpc) is 2.92. The van der Waals surface area contributed by atoms with Gasteiger partial charge in [-0.05, 0) is 50.8 Å². The lowest BCUT2D eigenvalue weighted by Crippen LogP contribution is -2.38. The summed E-state index contributed by atoms with van der Waals surface area (Å²) in [6, 6.07) is 10.6. The smallest absolute Gasteiger partial charge is 0.306 e. The van der Waals surface area contributed by atoms with Crippen LogP contribution in [0.1, 0.15) is 55.7 Å². The first kappa shape index (κ1) is 20.2. The number of fused-ring (bicyclic) bond motifs is 3. The van der Waals surface area contributed by atoms with Crippen LogP contribution in [0.15, 0.2) is 24.3 Å². The number of nitrogens with one attached hydrogen (secondary N) is 1. The Morgan fingerprint density at radius 3 is 2.67 bits per heavy atom. The van der Waals surface area contributed by atoms with E-state index in [0.717, 1.165) is 59.6 Å². The molecule has 6 heteroatoms. The number of nitriles is 1. The van der Waals surface area contributed by atoms with Crippen molar-refractivity contribution in [1.82, 2.24) is 4.98 Å². The molecule has 0 aliphatic carbocycles. The monoisotopic (exact) mass is 405 g/mol. The van der Waals surface area contributed by atoms with Gasteiger partial charge >= 0.3 is 5.97 Å². The van der Waals surface area contributed by atoms with E-state index in [1.54, 1.807) is 0 Å². The number of carbonyl (C=O) groups excluding carboxylic acids is 1. The molecule has 0 unspecified atom stereocenters. The summed E-state index contributed by atoms with van der Waals surface area (Å²) >= 11 is 0. The zero-order valence-electron chi connectivity index (χ0n) is 17.8. The minimum absolute atomic E-state index is 0.193. The number of hydrogen-bond acceptors (Lipinski definition) is 4. The summed E-state index contributed by atoms with van der Waals surface area (Å²) in [4.78, 5) is 18.1. The van der Waals surface area contributed by atoms with E-state index in [9.17, 15) is 10.1 Å². The fourth-order valence-electron chi connectivity index (χ4n) is 4.61. The Balaban J connectivity index is 1.97. The molecule has 6 nitrogen and oxygen atoms in total. The molecule has 0 amide bonds. The molecule has 2 aromatic heterocycles. The van der Waals surface area contributed by atoms with E-state index < -0.39 is 0 Å². The van der Waals surface area contributed by atoms with E-state index in [1.807, 2.05) is 32.0 Å². The van der Waals surface area contributed by atoms with Crippen molar-refractivity contribution in [2.45, 2.75) is 52.4 Å². The molecule has 0 atom stereocenters. The molecule has 0 bridgehead atoms. The summed E-state index contributed by atoms with van der Waals surface area (Å²) < 4.78 is 7.38. The molecular formula is C24H29N4O2+. The number of anilines is 1. The van der Waals surface area contributed by atoms with Gasteiger partial charge in [0.1, 0.15) is 22.7 Å². The van der Waals surface area contributed by atoms with Gasteiger partial charge in [-0.1, -0.05) is 25.0 Å². The maximum absolute atomic E-state index is 12.1. The van der Waals surface area contributed by atoms with Crippen molar-refractivity contribution < 1.29 is 13.9 Å². The second kappa shape index (κ2) is 8.74. The molecule has 1 N–H and O–H groups in total. The highest BCUT2D eigenvalue weighted by molar-refractivity contribution is 5.78. The summed E-state index contributed by atoms with van der Waals surface area (Å²) in [5, 5.41) is 9.99. The second-order valence-corrected chi connectivity index (χ2v) is 7.95. The highest BCUT2D eigenvalue weighted by Crippen LogP contribution is 2.30. The lowest BCUT2D eigenvalue weighted by molar-refractivity contribution is -0.468. The lowest BCUT2D eigenvalue weighted by Gasteiger charge is -2.22. The molecular weight excluding hydrogens is 376 g/mol. The van der Waals surface area contributed by atoms with E-state index in [2.05, 4.69) is 26.4 Å². The molecule has 3 aromatic rings. The van der Waals surface area contributed by atoms with Crippen molar-refractivity contribution in [3.05, 3.63) is 41.0 Å². The minimum atomic E-state index is -0.193. The molecule has 1 aliphatic heterocycles. The van der Waals surface area contributed by atoms with Gasteiger partial charge in [-0.25, -0.2) is 0 Å². The molecule has 30 heavy (non-hydrogen) atoms. The quantitative estimate of drug-likeness (QED) is 0.515. The van der Waals surface area contributed by atoms with Gasteiger partial charge < -0.3 is 4.74 Å². The predicted octanol–water partition coefficient (Wildman–Crippen LogP) is 3.96. The maximum Gasteiger partial charge on any atom is 0.306 e. The van der Waals surface area contributed by atoms with E-state index in [4.69, 9.17) is 4.74 Å². The van der Waals surface area contributed by atoms with E-state index in [1.165, 1.54) is 12.8 Å². The number of aromatic amines is 1. The van der Waals surface area contributed by atoms with Gasteiger partial charge in [0.05, 0.1) is 19.7 Å². The Labute approximate surface area is 177 Å². The van der Waals surface area contributed by atoms with Crippen LogP contribution in [0.25, 0.3) is 16.7 Å². The molecule has 1 fully saturated rings. The van der Waals surface area contributed by atoms with Crippen LogP contribution in [0.2, 0.25) is 0 Å². The third-order valence-electron chi connectivity index (χ3n) is 6.07.